The molecule has 0 amide bonds. The molecule has 0 aliphatic carbocycles. The van der Waals surface area contributed by atoms with E-state index in [1.54, 1.807) is 0 Å². The highest BCUT2D eigenvalue weighted by atomic mass is 19.2. The van der Waals surface area contributed by atoms with Crippen LogP contribution in [0, 0.1) is 0 Å². The zero-order valence-corrected chi connectivity index (χ0v) is 4.23. The van der Waals surface area contributed by atoms with Crippen molar-refractivity contribution in [3.63, 3.8) is 0 Å². The minimum Gasteiger partial charge on any atom is -0.235 e. The molecule has 3 nitrogen and oxygen atoms in total. The molecule has 1 aliphatic rings. The molecule has 0 radical (unpaired) electrons. The summed E-state index contributed by atoms with van der Waals surface area (Å²) in [7, 11) is 1.36. The van der Waals surface area contributed by atoms with E-state index in [1.807, 2.05) is 0 Å². The van der Waals surface area contributed by atoms with Crippen molar-refractivity contribution >= 4 is 5.97 Å². The summed E-state index contributed by atoms with van der Waals surface area (Å²) in [6.07, 6.45) is -1.71. The van der Waals surface area contributed by atoms with Crippen LogP contribution in [0.3, 0.4) is 0 Å². The molecule has 0 aromatic heterocycles. The van der Waals surface area contributed by atoms with Gasteiger partial charge in [0, 0.05) is 7.05 Å². The molecule has 0 aromatic rings. The maximum atomic E-state index is 12.1. The van der Waals surface area contributed by atoms with Gasteiger partial charge in [-0.15, -0.1) is 5.10 Å². The molecule has 1 heterocycles. The maximum absolute atomic E-state index is 12.1. The van der Waals surface area contributed by atoms with Crippen molar-refractivity contribution in [1.82, 2.24) is 10.5 Å². The quantitative estimate of drug-likeness (QED) is 0.457. The lowest BCUT2D eigenvalue weighted by atomic mass is 10.6. The Balaban J connectivity index is 2.59. The maximum Gasteiger partial charge on any atom is 0.259 e. The number of nitrogens with zero attached hydrogens (tertiary/aromatic N) is 2. The van der Waals surface area contributed by atoms with E-state index in [2.05, 4.69) is 10.6 Å². The molecule has 46 valence electrons. The Labute approximate surface area is 44.9 Å². The van der Waals surface area contributed by atoms with Crippen LogP contribution in [-0.2, 0) is 0 Å². The van der Waals surface area contributed by atoms with Gasteiger partial charge in [-0.3, -0.25) is 0 Å². The van der Waals surface area contributed by atoms with Gasteiger partial charge in [-0.1, -0.05) is 0 Å². The van der Waals surface area contributed by atoms with Crippen LogP contribution in [0.25, 0.3) is 0 Å². The van der Waals surface area contributed by atoms with Crippen molar-refractivity contribution in [1.29, 1.82) is 0 Å². The molecule has 8 heavy (non-hydrogen) atoms. The van der Waals surface area contributed by atoms with Gasteiger partial charge in [-0.25, -0.2) is 9.93 Å². The van der Waals surface area contributed by atoms with Crippen LogP contribution in [0.4, 0.5) is 8.78 Å². The Morgan fingerprint density at radius 2 is 2.50 bits per heavy atom. The van der Waals surface area contributed by atoms with Gasteiger partial charge in [0.2, 0.25) is 6.30 Å². The van der Waals surface area contributed by atoms with Gasteiger partial charge in [0.15, 0.2) is 0 Å². The van der Waals surface area contributed by atoms with Crippen molar-refractivity contribution in [2.24, 2.45) is 5.10 Å². The van der Waals surface area contributed by atoms with E-state index in [1.165, 1.54) is 7.05 Å². The van der Waals surface area contributed by atoms with Crippen molar-refractivity contribution < 1.29 is 8.78 Å². The first-order valence-corrected chi connectivity index (χ1v) is 2.07. The van der Waals surface area contributed by atoms with Crippen LogP contribution in [0.5, 0.6) is 0 Å². The Morgan fingerprint density at radius 1 is 1.88 bits per heavy atom. The smallest absolute Gasteiger partial charge is 0.235 e. The zero-order valence-electron chi connectivity index (χ0n) is 4.23. The summed E-state index contributed by atoms with van der Waals surface area (Å²) in [4.78, 5) is 0. The number of nitrogens with one attached hydrogen (secondary N) is 1. The van der Waals surface area contributed by atoms with Gasteiger partial charge in [0.1, 0.15) is 0 Å². The number of alkyl halides is 1. The van der Waals surface area contributed by atoms with Crippen molar-refractivity contribution in [2.75, 3.05) is 7.05 Å². The molecule has 1 atom stereocenters. The number of hydrogen-bond donors (Lipinski definition) is 1. The Hall–Kier alpha value is -0.710. The third kappa shape index (κ3) is 0.645. The number of hydrazine groups is 1. The molecule has 0 fully saturated rings. The normalized spacial score (nSPS) is 29.9. The molecule has 0 saturated heterocycles. The van der Waals surface area contributed by atoms with Crippen molar-refractivity contribution in [3.8, 4) is 0 Å². The van der Waals surface area contributed by atoms with E-state index < -0.39 is 12.3 Å². The molecule has 1 unspecified atom stereocenters. The highest BCUT2D eigenvalue weighted by Crippen LogP contribution is 2.04. The van der Waals surface area contributed by atoms with Gasteiger partial charge in [0.25, 0.3) is 5.97 Å². The minimum atomic E-state index is -1.71. The summed E-state index contributed by atoms with van der Waals surface area (Å²) in [6, 6.07) is 0. The molecule has 0 spiro atoms. The molecular weight excluding hydrogens is 116 g/mol. The number of hydrogen-bond acceptors (Lipinski definition) is 3. The lowest BCUT2D eigenvalue weighted by Crippen LogP contribution is -2.32. The van der Waals surface area contributed by atoms with Gasteiger partial charge in [-0.2, -0.15) is 9.40 Å². The molecule has 0 saturated carbocycles. The van der Waals surface area contributed by atoms with Gasteiger partial charge >= 0.3 is 0 Å². The Morgan fingerprint density at radius 3 is 2.62 bits per heavy atom. The topological polar surface area (TPSA) is 27.6 Å². The van der Waals surface area contributed by atoms with Crippen molar-refractivity contribution in [2.45, 2.75) is 6.30 Å². The predicted molar refractivity (Wildman–Crippen MR) is 24.3 cm³/mol. The lowest BCUT2D eigenvalue weighted by Gasteiger charge is -2.07. The van der Waals surface area contributed by atoms with Crippen LogP contribution in [0.2, 0.25) is 0 Å². The number of hydrazone groups is 1. The van der Waals surface area contributed by atoms with E-state index in [9.17, 15) is 8.78 Å². The molecule has 1 aliphatic heterocycles. The largest absolute Gasteiger partial charge is 0.259 e. The van der Waals surface area contributed by atoms with Crippen LogP contribution in [0.15, 0.2) is 5.10 Å². The summed E-state index contributed by atoms with van der Waals surface area (Å²) in [5.41, 5.74) is 2.09. The molecule has 0 bridgehead atoms. The average Bonchev–Trinajstić information content (AvgIpc) is 1.98. The van der Waals surface area contributed by atoms with E-state index >= 15 is 0 Å². The molecular formula is C3H5F2N3. The zero-order chi connectivity index (χ0) is 6.15. The van der Waals surface area contributed by atoms with Crippen LogP contribution < -0.4 is 5.53 Å². The first kappa shape index (κ1) is 5.43. The predicted octanol–water partition coefficient (Wildman–Crippen LogP) is 0.0150. The van der Waals surface area contributed by atoms with E-state index in [0.29, 0.717) is 0 Å². The third-order valence-corrected chi connectivity index (χ3v) is 0.851. The van der Waals surface area contributed by atoms with Crippen LogP contribution >= 0.6 is 0 Å². The SMILES string of the molecule is CN1NN=C(F)C1F. The number of halogens is 2. The van der Waals surface area contributed by atoms with Crippen molar-refractivity contribution in [3.05, 3.63) is 0 Å². The Kier molecular flexibility index (Phi) is 1.13. The molecule has 5 heteroatoms. The lowest BCUT2D eigenvalue weighted by molar-refractivity contribution is 0.133. The van der Waals surface area contributed by atoms with E-state index in [-0.39, 0.29) is 0 Å². The fraction of sp³-hybridized carbons (Fsp3) is 0.667. The number of rotatable bonds is 0. The van der Waals surface area contributed by atoms with Crippen LogP contribution in [0.1, 0.15) is 0 Å². The molecule has 1 N–H and O–H groups in total. The summed E-state index contributed by atoms with van der Waals surface area (Å²) in [5, 5.41) is 3.88. The minimum absolute atomic E-state index is 0.926. The fourth-order valence-electron chi connectivity index (χ4n) is 0.390. The van der Waals surface area contributed by atoms with Gasteiger partial charge in [-0.05, 0) is 0 Å². The van der Waals surface area contributed by atoms with Gasteiger partial charge < -0.3 is 0 Å². The highest BCUT2D eigenvalue weighted by molar-refractivity contribution is 5.79. The molecule has 0 aromatic carbocycles. The second-order valence-corrected chi connectivity index (χ2v) is 1.48. The summed E-state index contributed by atoms with van der Waals surface area (Å²) in [5.74, 6) is -1.02. The monoisotopic (exact) mass is 121 g/mol. The standard InChI is InChI=1S/C3H5F2N3/c1-8-3(5)2(4)6-7-8/h3,7H,1H3. The molecule has 1 rings (SSSR count). The van der Waals surface area contributed by atoms with Gasteiger partial charge in [0.05, 0.1) is 0 Å². The summed E-state index contributed by atoms with van der Waals surface area (Å²) >= 11 is 0. The fourth-order valence-corrected chi connectivity index (χ4v) is 0.390. The average molecular weight is 121 g/mol. The second-order valence-electron chi connectivity index (χ2n) is 1.48. The summed E-state index contributed by atoms with van der Waals surface area (Å²) in [6.45, 7) is 0. The van der Waals surface area contributed by atoms with E-state index in [4.69, 9.17) is 0 Å². The summed E-state index contributed by atoms with van der Waals surface area (Å²) < 4.78 is 23.9. The first-order valence-electron chi connectivity index (χ1n) is 2.07. The van der Waals surface area contributed by atoms with Crippen LogP contribution in [-0.4, -0.2) is 24.3 Å². The highest BCUT2D eigenvalue weighted by Gasteiger charge is 2.25. The second kappa shape index (κ2) is 1.66. The van der Waals surface area contributed by atoms with E-state index in [0.717, 1.165) is 5.01 Å². The third-order valence-electron chi connectivity index (χ3n) is 0.851. The first-order chi connectivity index (χ1) is 3.72. The Bertz CT molecular complexity index is 124.